The second kappa shape index (κ2) is 5.89. The van der Waals surface area contributed by atoms with Gasteiger partial charge in [-0.3, -0.25) is 9.48 Å². The molecule has 4 rings (SSSR count). The quantitative estimate of drug-likeness (QED) is 0.745. The summed E-state index contributed by atoms with van der Waals surface area (Å²) >= 11 is 0. The molecule has 0 aliphatic heterocycles. The van der Waals surface area contributed by atoms with Gasteiger partial charge in [-0.2, -0.15) is 10.4 Å². The maximum atomic E-state index is 12.2. The van der Waals surface area contributed by atoms with Crippen LogP contribution in [0.1, 0.15) is 31.7 Å². The predicted octanol–water partition coefficient (Wildman–Crippen LogP) is 2.65. The van der Waals surface area contributed by atoms with E-state index in [1.165, 1.54) is 6.33 Å². The summed E-state index contributed by atoms with van der Waals surface area (Å²) in [4.78, 5) is 23.8. The molecule has 3 aromatic rings. The fourth-order valence-electron chi connectivity index (χ4n) is 3.60. The second-order valence-electron chi connectivity index (χ2n) is 6.14. The van der Waals surface area contributed by atoms with Crippen LogP contribution in [0.2, 0.25) is 0 Å². The van der Waals surface area contributed by atoms with E-state index in [9.17, 15) is 4.79 Å². The number of rotatable bonds is 4. The first-order valence-corrected chi connectivity index (χ1v) is 8.04. The number of aromatic amines is 1. The van der Waals surface area contributed by atoms with Crippen LogP contribution in [0.3, 0.4) is 0 Å². The maximum Gasteiger partial charge on any atom is 0.256 e. The SMILES string of the molecule is N#CC(=O)C(C1CCCC1)n1cc(-c2ncnc3[nH]ccc23)cn1. The average molecular weight is 320 g/mol. The highest BCUT2D eigenvalue weighted by molar-refractivity contribution is 5.97. The Bertz CT molecular complexity index is 928. The summed E-state index contributed by atoms with van der Waals surface area (Å²) in [6.07, 6.45) is 10.9. The predicted molar refractivity (Wildman–Crippen MR) is 86.7 cm³/mol. The molecule has 7 nitrogen and oxygen atoms in total. The minimum absolute atomic E-state index is 0.183. The van der Waals surface area contributed by atoms with Gasteiger partial charge in [0.15, 0.2) is 0 Å². The Balaban J connectivity index is 1.74. The molecule has 1 N–H and O–H groups in total. The van der Waals surface area contributed by atoms with E-state index in [1.54, 1.807) is 16.9 Å². The van der Waals surface area contributed by atoms with Crippen molar-refractivity contribution in [2.75, 3.05) is 0 Å². The first-order valence-electron chi connectivity index (χ1n) is 8.04. The molecule has 0 bridgehead atoms. The Morgan fingerprint density at radius 3 is 3.00 bits per heavy atom. The van der Waals surface area contributed by atoms with Crippen molar-refractivity contribution < 1.29 is 4.79 Å². The topological polar surface area (TPSA) is 100 Å². The number of fused-ring (bicyclic) bond motifs is 1. The van der Waals surface area contributed by atoms with Crippen LogP contribution < -0.4 is 0 Å². The smallest absolute Gasteiger partial charge is 0.256 e. The van der Waals surface area contributed by atoms with Gasteiger partial charge in [-0.25, -0.2) is 9.97 Å². The van der Waals surface area contributed by atoms with Gasteiger partial charge in [0, 0.05) is 23.3 Å². The molecule has 3 heterocycles. The van der Waals surface area contributed by atoms with Crippen molar-refractivity contribution in [1.82, 2.24) is 24.7 Å². The number of Topliss-reactive ketones (excluding diaryl/α,β-unsaturated/α-hetero) is 1. The van der Waals surface area contributed by atoms with E-state index in [1.807, 2.05) is 18.5 Å². The molecule has 24 heavy (non-hydrogen) atoms. The van der Waals surface area contributed by atoms with Gasteiger partial charge in [0.05, 0.1) is 11.9 Å². The molecule has 1 fully saturated rings. The van der Waals surface area contributed by atoms with Crippen LogP contribution in [0.4, 0.5) is 0 Å². The molecule has 3 aromatic heterocycles. The number of hydrogen-bond donors (Lipinski definition) is 1. The highest BCUT2D eigenvalue weighted by Gasteiger charge is 2.32. The van der Waals surface area contributed by atoms with E-state index in [0.717, 1.165) is 48.0 Å². The molecule has 1 unspecified atom stereocenters. The van der Waals surface area contributed by atoms with Gasteiger partial charge in [0.2, 0.25) is 0 Å². The summed E-state index contributed by atoms with van der Waals surface area (Å²) in [5.74, 6) is -0.242. The highest BCUT2D eigenvalue weighted by Crippen LogP contribution is 2.35. The van der Waals surface area contributed by atoms with Crippen molar-refractivity contribution in [1.29, 1.82) is 5.26 Å². The molecule has 7 heteroatoms. The Morgan fingerprint density at radius 2 is 2.21 bits per heavy atom. The molecule has 0 saturated heterocycles. The average Bonchev–Trinajstić information content (AvgIpc) is 3.35. The zero-order valence-electron chi connectivity index (χ0n) is 13.0. The Labute approximate surface area is 138 Å². The number of nitrogens with zero attached hydrogens (tertiary/aromatic N) is 5. The van der Waals surface area contributed by atoms with E-state index < -0.39 is 11.8 Å². The van der Waals surface area contributed by atoms with E-state index in [2.05, 4.69) is 20.1 Å². The van der Waals surface area contributed by atoms with Crippen LogP contribution in [-0.4, -0.2) is 30.5 Å². The van der Waals surface area contributed by atoms with Gasteiger partial charge in [-0.1, -0.05) is 12.8 Å². The number of nitriles is 1. The number of carbonyl (C=O) groups excluding carboxylic acids is 1. The van der Waals surface area contributed by atoms with E-state index in [4.69, 9.17) is 5.26 Å². The zero-order valence-corrected chi connectivity index (χ0v) is 13.0. The molecule has 1 atom stereocenters. The molecule has 0 amide bonds. The summed E-state index contributed by atoms with van der Waals surface area (Å²) in [6.45, 7) is 0. The lowest BCUT2D eigenvalue weighted by molar-refractivity contribution is -0.118. The van der Waals surface area contributed by atoms with Gasteiger partial charge in [-0.05, 0) is 24.8 Å². The monoisotopic (exact) mass is 320 g/mol. The molecule has 1 aliphatic carbocycles. The Morgan fingerprint density at radius 1 is 1.38 bits per heavy atom. The third-order valence-corrected chi connectivity index (χ3v) is 4.74. The Kier molecular flexibility index (Phi) is 3.58. The largest absolute Gasteiger partial charge is 0.346 e. The lowest BCUT2D eigenvalue weighted by Crippen LogP contribution is -2.25. The van der Waals surface area contributed by atoms with Crippen LogP contribution in [0.5, 0.6) is 0 Å². The molecule has 0 spiro atoms. The van der Waals surface area contributed by atoms with Crippen molar-refractivity contribution in [3.63, 3.8) is 0 Å². The van der Waals surface area contributed by atoms with Crippen molar-refractivity contribution >= 4 is 16.8 Å². The molecule has 1 saturated carbocycles. The first-order chi connectivity index (χ1) is 11.8. The van der Waals surface area contributed by atoms with Crippen molar-refractivity contribution in [3.05, 3.63) is 31.0 Å². The third kappa shape index (κ3) is 2.36. The fourth-order valence-corrected chi connectivity index (χ4v) is 3.60. The number of nitrogens with one attached hydrogen (secondary N) is 1. The van der Waals surface area contributed by atoms with Gasteiger partial charge < -0.3 is 4.98 Å². The number of carbonyl (C=O) groups is 1. The minimum atomic E-state index is -0.505. The first kappa shape index (κ1) is 14.6. The second-order valence-corrected chi connectivity index (χ2v) is 6.14. The Hall–Kier alpha value is -3.01. The van der Waals surface area contributed by atoms with Gasteiger partial charge in [-0.15, -0.1) is 0 Å². The molecular formula is C17H16N6O. The van der Waals surface area contributed by atoms with Gasteiger partial charge >= 0.3 is 0 Å². The van der Waals surface area contributed by atoms with E-state index in [-0.39, 0.29) is 5.92 Å². The number of ketones is 1. The minimum Gasteiger partial charge on any atom is -0.346 e. The zero-order chi connectivity index (χ0) is 16.5. The lowest BCUT2D eigenvalue weighted by atomic mass is 9.95. The molecular weight excluding hydrogens is 304 g/mol. The highest BCUT2D eigenvalue weighted by atomic mass is 16.1. The van der Waals surface area contributed by atoms with Gasteiger partial charge in [0.25, 0.3) is 5.78 Å². The lowest BCUT2D eigenvalue weighted by Gasteiger charge is -2.19. The number of hydrogen-bond acceptors (Lipinski definition) is 5. The van der Waals surface area contributed by atoms with Crippen LogP contribution in [0.25, 0.3) is 22.3 Å². The van der Waals surface area contributed by atoms with Crippen molar-refractivity contribution in [2.24, 2.45) is 5.92 Å². The molecule has 120 valence electrons. The number of H-pyrrole nitrogens is 1. The standard InChI is InChI=1S/C17H16N6O/c18-7-14(24)16(11-3-1-2-4-11)23-9-12(8-22-23)15-13-5-6-19-17(13)21-10-20-15/h5-6,8-11,16H,1-4H2,(H,19,20,21). The molecule has 0 radical (unpaired) electrons. The molecule has 1 aliphatic rings. The summed E-state index contributed by atoms with van der Waals surface area (Å²) in [6, 6.07) is 3.19. The third-order valence-electron chi connectivity index (χ3n) is 4.74. The molecule has 0 aromatic carbocycles. The van der Waals surface area contributed by atoms with Crippen molar-refractivity contribution in [2.45, 2.75) is 31.7 Å². The summed E-state index contributed by atoms with van der Waals surface area (Å²) < 4.78 is 1.64. The summed E-state index contributed by atoms with van der Waals surface area (Å²) in [5.41, 5.74) is 2.34. The maximum absolute atomic E-state index is 12.2. The van der Waals surface area contributed by atoms with Crippen LogP contribution in [0, 0.1) is 17.2 Å². The van der Waals surface area contributed by atoms with Crippen molar-refractivity contribution in [3.8, 4) is 17.3 Å². The van der Waals surface area contributed by atoms with Gasteiger partial charge in [0.1, 0.15) is 24.1 Å². The van der Waals surface area contributed by atoms with Crippen LogP contribution in [0.15, 0.2) is 31.0 Å². The summed E-state index contributed by atoms with van der Waals surface area (Å²) in [7, 11) is 0. The van der Waals surface area contributed by atoms with E-state index in [0.29, 0.717) is 0 Å². The van der Waals surface area contributed by atoms with E-state index >= 15 is 0 Å². The van der Waals surface area contributed by atoms with Crippen LogP contribution >= 0.6 is 0 Å². The summed E-state index contributed by atoms with van der Waals surface area (Å²) in [5, 5.41) is 14.4. The normalized spacial score (nSPS) is 16.3. The number of aromatic nitrogens is 5. The van der Waals surface area contributed by atoms with Crippen LogP contribution in [-0.2, 0) is 4.79 Å². The fraction of sp³-hybridized carbons (Fsp3) is 0.353.